The SMILES string of the molecule is CCCCCCCCC(CCCCCC)C[Si](OC)(OC)OC. The van der Waals surface area contributed by atoms with Gasteiger partial charge >= 0.3 is 8.80 Å². The second kappa shape index (κ2) is 15.6. The maximum absolute atomic E-state index is 5.65. The van der Waals surface area contributed by atoms with Crippen LogP contribution in [0.25, 0.3) is 0 Å². The molecule has 0 amide bonds. The molecule has 0 radical (unpaired) electrons. The standard InChI is InChI=1S/C19H42O3Si/c1-6-8-10-12-13-15-17-19(16-14-11-9-7-2)18-23(20-3,21-4)22-5/h19H,6-18H2,1-5H3. The number of unbranched alkanes of at least 4 members (excludes halogenated alkanes) is 8. The predicted octanol–water partition coefficient (Wildman–Crippen LogP) is 6.20. The molecule has 0 saturated carbocycles. The third kappa shape index (κ3) is 11.3. The van der Waals surface area contributed by atoms with Gasteiger partial charge in [0, 0.05) is 27.4 Å². The van der Waals surface area contributed by atoms with Crippen LogP contribution >= 0.6 is 0 Å². The highest BCUT2D eigenvalue weighted by atomic mass is 28.4. The highest BCUT2D eigenvalue weighted by molar-refractivity contribution is 6.60. The Labute approximate surface area is 146 Å². The number of hydrogen-bond donors (Lipinski definition) is 0. The first kappa shape index (κ1) is 23.1. The zero-order valence-corrected chi connectivity index (χ0v) is 17.5. The second-order valence-corrected chi connectivity index (χ2v) is 9.77. The van der Waals surface area contributed by atoms with Gasteiger partial charge in [0.05, 0.1) is 0 Å². The second-order valence-electron chi connectivity index (χ2n) is 6.77. The van der Waals surface area contributed by atoms with Gasteiger partial charge in [-0.25, -0.2) is 0 Å². The van der Waals surface area contributed by atoms with Crippen molar-refractivity contribution in [2.45, 2.75) is 96.9 Å². The molecule has 0 bridgehead atoms. The average molecular weight is 347 g/mol. The molecule has 0 aliphatic rings. The van der Waals surface area contributed by atoms with Crippen LogP contribution in [-0.4, -0.2) is 30.1 Å². The lowest BCUT2D eigenvalue weighted by molar-refractivity contribution is 0.116. The summed E-state index contributed by atoms with van der Waals surface area (Å²) < 4.78 is 16.9. The van der Waals surface area contributed by atoms with Crippen LogP contribution in [0, 0.1) is 5.92 Å². The van der Waals surface area contributed by atoms with Crippen molar-refractivity contribution in [1.82, 2.24) is 0 Å². The fourth-order valence-corrected chi connectivity index (χ4v) is 5.39. The van der Waals surface area contributed by atoms with E-state index in [2.05, 4.69) is 13.8 Å². The Morgan fingerprint density at radius 3 is 1.43 bits per heavy atom. The molecule has 3 nitrogen and oxygen atoms in total. The van der Waals surface area contributed by atoms with Gasteiger partial charge in [-0.1, -0.05) is 90.9 Å². The van der Waals surface area contributed by atoms with Crippen molar-refractivity contribution < 1.29 is 13.3 Å². The molecule has 0 aromatic carbocycles. The van der Waals surface area contributed by atoms with Crippen LogP contribution in [0.2, 0.25) is 6.04 Å². The van der Waals surface area contributed by atoms with Crippen LogP contribution in [0.1, 0.15) is 90.9 Å². The molecule has 0 fully saturated rings. The van der Waals surface area contributed by atoms with Crippen LogP contribution < -0.4 is 0 Å². The van der Waals surface area contributed by atoms with Gasteiger partial charge in [0.25, 0.3) is 0 Å². The van der Waals surface area contributed by atoms with Crippen molar-refractivity contribution in [3.8, 4) is 0 Å². The third-order valence-electron chi connectivity index (χ3n) is 4.90. The fraction of sp³-hybridized carbons (Fsp3) is 1.00. The van der Waals surface area contributed by atoms with E-state index < -0.39 is 8.80 Å². The smallest absolute Gasteiger partial charge is 0.377 e. The number of hydrogen-bond acceptors (Lipinski definition) is 3. The Bertz CT molecular complexity index is 237. The van der Waals surface area contributed by atoms with E-state index in [0.29, 0.717) is 5.92 Å². The minimum Gasteiger partial charge on any atom is -0.377 e. The minimum absolute atomic E-state index is 0.685. The summed E-state index contributed by atoms with van der Waals surface area (Å²) in [5.74, 6) is 0.685. The fourth-order valence-electron chi connectivity index (χ4n) is 3.28. The van der Waals surface area contributed by atoms with Gasteiger partial charge in [-0.05, 0) is 5.92 Å². The molecule has 0 aromatic rings. The first-order valence-corrected chi connectivity index (χ1v) is 11.8. The van der Waals surface area contributed by atoms with Gasteiger partial charge in [0.2, 0.25) is 0 Å². The van der Waals surface area contributed by atoms with E-state index in [1.54, 1.807) is 21.3 Å². The number of rotatable bonds is 17. The first-order valence-electron chi connectivity index (χ1n) is 9.83. The van der Waals surface area contributed by atoms with Gasteiger partial charge < -0.3 is 13.3 Å². The molecular weight excluding hydrogens is 304 g/mol. The third-order valence-corrected chi connectivity index (χ3v) is 7.85. The largest absolute Gasteiger partial charge is 0.500 e. The summed E-state index contributed by atoms with van der Waals surface area (Å²) in [6, 6.07) is 0.970. The van der Waals surface area contributed by atoms with Gasteiger partial charge in [0.15, 0.2) is 0 Å². The molecule has 4 heteroatoms. The Hall–Kier alpha value is 0.0969. The van der Waals surface area contributed by atoms with E-state index in [1.807, 2.05) is 0 Å². The maximum atomic E-state index is 5.65. The highest BCUT2D eigenvalue weighted by Gasteiger charge is 2.40. The predicted molar refractivity (Wildman–Crippen MR) is 102 cm³/mol. The summed E-state index contributed by atoms with van der Waals surface area (Å²) in [7, 11) is 2.77. The van der Waals surface area contributed by atoms with Crippen molar-refractivity contribution in [1.29, 1.82) is 0 Å². The molecule has 0 aromatic heterocycles. The van der Waals surface area contributed by atoms with E-state index in [0.717, 1.165) is 6.04 Å². The molecule has 0 heterocycles. The van der Waals surface area contributed by atoms with Crippen molar-refractivity contribution in [3.05, 3.63) is 0 Å². The maximum Gasteiger partial charge on any atom is 0.500 e. The van der Waals surface area contributed by atoms with E-state index >= 15 is 0 Å². The van der Waals surface area contributed by atoms with E-state index in [4.69, 9.17) is 13.3 Å². The van der Waals surface area contributed by atoms with Gasteiger partial charge in [0.1, 0.15) is 0 Å². The summed E-state index contributed by atoms with van der Waals surface area (Å²) in [4.78, 5) is 0. The summed E-state index contributed by atoms with van der Waals surface area (Å²) in [5.41, 5.74) is 0. The molecule has 1 atom stereocenters. The van der Waals surface area contributed by atoms with Crippen molar-refractivity contribution in [2.75, 3.05) is 21.3 Å². The Morgan fingerprint density at radius 1 is 0.609 bits per heavy atom. The Morgan fingerprint density at radius 2 is 1.00 bits per heavy atom. The van der Waals surface area contributed by atoms with E-state index in [1.165, 1.54) is 77.0 Å². The summed E-state index contributed by atoms with van der Waals surface area (Å²) >= 11 is 0. The lowest BCUT2D eigenvalue weighted by Gasteiger charge is -2.29. The van der Waals surface area contributed by atoms with Crippen molar-refractivity contribution in [3.63, 3.8) is 0 Å². The topological polar surface area (TPSA) is 27.7 Å². The molecule has 140 valence electrons. The monoisotopic (exact) mass is 346 g/mol. The Kier molecular flexibility index (Phi) is 15.7. The van der Waals surface area contributed by atoms with Crippen LogP contribution in [0.15, 0.2) is 0 Å². The van der Waals surface area contributed by atoms with Crippen molar-refractivity contribution in [2.24, 2.45) is 5.92 Å². The van der Waals surface area contributed by atoms with Crippen LogP contribution in [0.5, 0.6) is 0 Å². The van der Waals surface area contributed by atoms with Gasteiger partial charge in [-0.2, -0.15) is 0 Å². The zero-order chi connectivity index (χ0) is 17.4. The van der Waals surface area contributed by atoms with E-state index in [-0.39, 0.29) is 0 Å². The van der Waals surface area contributed by atoms with Crippen LogP contribution in [-0.2, 0) is 13.3 Å². The molecule has 0 aliphatic heterocycles. The van der Waals surface area contributed by atoms with Gasteiger partial charge in [-0.15, -0.1) is 0 Å². The molecule has 23 heavy (non-hydrogen) atoms. The molecule has 0 N–H and O–H groups in total. The van der Waals surface area contributed by atoms with E-state index in [9.17, 15) is 0 Å². The molecule has 0 aliphatic carbocycles. The summed E-state index contributed by atoms with van der Waals surface area (Å²) in [6.45, 7) is 4.54. The van der Waals surface area contributed by atoms with Crippen molar-refractivity contribution >= 4 is 8.80 Å². The lowest BCUT2D eigenvalue weighted by Crippen LogP contribution is -2.44. The highest BCUT2D eigenvalue weighted by Crippen LogP contribution is 2.28. The quantitative estimate of drug-likeness (QED) is 0.232. The van der Waals surface area contributed by atoms with Crippen LogP contribution in [0.3, 0.4) is 0 Å². The normalized spacial score (nSPS) is 13.4. The first-order chi connectivity index (χ1) is 11.2. The summed E-state index contributed by atoms with van der Waals surface area (Å²) in [6.07, 6.45) is 16.1. The molecule has 0 spiro atoms. The lowest BCUT2D eigenvalue weighted by atomic mass is 9.96. The zero-order valence-electron chi connectivity index (χ0n) is 16.5. The molecular formula is C19H42O3Si. The average Bonchev–Trinajstić information content (AvgIpc) is 2.59. The minimum atomic E-state index is -2.43. The molecule has 0 saturated heterocycles. The van der Waals surface area contributed by atoms with Gasteiger partial charge in [-0.3, -0.25) is 0 Å². The van der Waals surface area contributed by atoms with Crippen LogP contribution in [0.4, 0.5) is 0 Å². The molecule has 1 unspecified atom stereocenters. The summed E-state index contributed by atoms with van der Waals surface area (Å²) in [5, 5.41) is 0. The molecule has 0 rings (SSSR count). The Balaban J connectivity index is 4.26.